The van der Waals surface area contributed by atoms with Gasteiger partial charge in [0, 0.05) is 38.4 Å². The van der Waals surface area contributed by atoms with Crippen molar-refractivity contribution in [3.05, 3.63) is 53.6 Å². The number of hydrogen-bond donors (Lipinski definition) is 0. The largest absolute Gasteiger partial charge is 0.369 e. The molecular formula is C31H42ClN3. The molecule has 2 saturated carbocycles. The molecule has 1 aliphatic heterocycles. The summed E-state index contributed by atoms with van der Waals surface area (Å²) in [6.07, 6.45) is 6.68. The molecule has 0 atom stereocenters. The van der Waals surface area contributed by atoms with Crippen LogP contribution in [0.25, 0.3) is 11.1 Å². The Morgan fingerprint density at radius 1 is 0.886 bits per heavy atom. The van der Waals surface area contributed by atoms with Gasteiger partial charge in [-0.3, -0.25) is 4.90 Å². The molecule has 2 aromatic rings. The minimum atomic E-state index is 0. The van der Waals surface area contributed by atoms with E-state index in [1.165, 1.54) is 68.6 Å². The molecule has 1 saturated heterocycles. The molecule has 5 rings (SSSR count). The summed E-state index contributed by atoms with van der Waals surface area (Å²) in [7, 11) is 0. The zero-order valence-corrected chi connectivity index (χ0v) is 22.8. The highest BCUT2D eigenvalue weighted by Gasteiger charge is 2.40. The second-order valence-corrected chi connectivity index (χ2v) is 12.8. The lowest BCUT2D eigenvalue weighted by molar-refractivity contribution is 0.0970. The number of hydrogen-bond acceptors (Lipinski definition) is 3. The first-order chi connectivity index (χ1) is 16.2. The first kappa shape index (κ1) is 26.1. The molecule has 0 amide bonds. The maximum atomic E-state index is 9.41. The molecule has 4 heteroatoms. The van der Waals surface area contributed by atoms with Crippen molar-refractivity contribution >= 4 is 18.1 Å². The summed E-state index contributed by atoms with van der Waals surface area (Å²) in [4.78, 5) is 5.34. The quantitative estimate of drug-likeness (QED) is 0.433. The van der Waals surface area contributed by atoms with Gasteiger partial charge in [-0.2, -0.15) is 5.26 Å². The summed E-state index contributed by atoms with van der Waals surface area (Å²) in [6.45, 7) is 15.7. The normalized spacial score (nSPS) is 22.3. The summed E-state index contributed by atoms with van der Waals surface area (Å²) < 4.78 is 0. The Morgan fingerprint density at radius 2 is 1.54 bits per heavy atom. The summed E-state index contributed by atoms with van der Waals surface area (Å²) in [5.41, 5.74) is 6.81. The van der Waals surface area contributed by atoms with Crippen LogP contribution in [0, 0.1) is 28.1 Å². The van der Waals surface area contributed by atoms with Crippen molar-refractivity contribution in [2.45, 2.75) is 65.7 Å². The van der Waals surface area contributed by atoms with Crippen molar-refractivity contribution in [3.8, 4) is 17.2 Å². The van der Waals surface area contributed by atoms with Crippen LogP contribution in [0.2, 0.25) is 0 Å². The molecule has 0 bridgehead atoms. The van der Waals surface area contributed by atoms with E-state index >= 15 is 0 Å². The molecule has 2 aliphatic carbocycles. The zero-order valence-electron chi connectivity index (χ0n) is 22.0. The SMILES string of the molecule is CC1(C)CC(c2ccc(-c3cccc(C#N)c3)cc2N2CCN(CC3CC3)CC2)CC(C)(C)C1.Cl. The van der Waals surface area contributed by atoms with Crippen LogP contribution in [-0.4, -0.2) is 37.6 Å². The molecule has 2 aromatic carbocycles. The van der Waals surface area contributed by atoms with Crippen LogP contribution in [0.15, 0.2) is 42.5 Å². The van der Waals surface area contributed by atoms with Gasteiger partial charge >= 0.3 is 0 Å². The third-order valence-electron chi connectivity index (χ3n) is 8.28. The lowest BCUT2D eigenvalue weighted by Crippen LogP contribution is -2.47. The zero-order chi connectivity index (χ0) is 23.9. The minimum absolute atomic E-state index is 0. The van der Waals surface area contributed by atoms with Crippen molar-refractivity contribution in [2.24, 2.45) is 16.7 Å². The summed E-state index contributed by atoms with van der Waals surface area (Å²) in [6, 6.07) is 17.5. The molecule has 0 spiro atoms. The second-order valence-electron chi connectivity index (χ2n) is 12.8. The van der Waals surface area contributed by atoms with E-state index in [0.29, 0.717) is 16.7 Å². The van der Waals surface area contributed by atoms with Gasteiger partial charge in [0.15, 0.2) is 0 Å². The number of piperazine rings is 1. The van der Waals surface area contributed by atoms with Crippen molar-refractivity contribution in [1.29, 1.82) is 5.26 Å². The van der Waals surface area contributed by atoms with Crippen LogP contribution in [0.3, 0.4) is 0 Å². The van der Waals surface area contributed by atoms with Crippen LogP contribution < -0.4 is 4.90 Å². The van der Waals surface area contributed by atoms with Gasteiger partial charge < -0.3 is 4.90 Å². The molecular weight excluding hydrogens is 450 g/mol. The molecule has 0 radical (unpaired) electrons. The number of anilines is 1. The third-order valence-corrected chi connectivity index (χ3v) is 8.28. The average molecular weight is 492 g/mol. The van der Waals surface area contributed by atoms with E-state index in [4.69, 9.17) is 0 Å². The first-order valence-corrected chi connectivity index (χ1v) is 13.3. The van der Waals surface area contributed by atoms with E-state index in [0.717, 1.165) is 30.1 Å². The third kappa shape index (κ3) is 6.22. The fourth-order valence-electron chi connectivity index (χ4n) is 7.01. The summed E-state index contributed by atoms with van der Waals surface area (Å²) >= 11 is 0. The Kier molecular flexibility index (Phi) is 7.56. The van der Waals surface area contributed by atoms with E-state index in [1.54, 1.807) is 0 Å². The number of benzene rings is 2. The minimum Gasteiger partial charge on any atom is -0.369 e. The van der Waals surface area contributed by atoms with Gasteiger partial charge in [-0.05, 0) is 89.7 Å². The molecule has 3 nitrogen and oxygen atoms in total. The topological polar surface area (TPSA) is 30.3 Å². The lowest BCUT2D eigenvalue weighted by Gasteiger charge is -2.46. The molecule has 1 heterocycles. The van der Waals surface area contributed by atoms with E-state index in [-0.39, 0.29) is 12.4 Å². The lowest BCUT2D eigenvalue weighted by atomic mass is 9.60. The number of rotatable bonds is 5. The van der Waals surface area contributed by atoms with E-state index in [2.05, 4.69) is 67.8 Å². The highest BCUT2D eigenvalue weighted by molar-refractivity contribution is 5.85. The number of nitriles is 1. The average Bonchev–Trinajstić information content (AvgIpc) is 3.61. The van der Waals surface area contributed by atoms with Crippen molar-refractivity contribution in [3.63, 3.8) is 0 Å². The van der Waals surface area contributed by atoms with E-state index < -0.39 is 0 Å². The molecule has 0 unspecified atom stereocenters. The van der Waals surface area contributed by atoms with Crippen LogP contribution in [0.5, 0.6) is 0 Å². The van der Waals surface area contributed by atoms with Gasteiger partial charge in [0.2, 0.25) is 0 Å². The van der Waals surface area contributed by atoms with E-state index in [1.807, 2.05) is 18.2 Å². The van der Waals surface area contributed by atoms with Gasteiger partial charge in [0.1, 0.15) is 0 Å². The smallest absolute Gasteiger partial charge is 0.0991 e. The molecule has 3 aliphatic rings. The fourth-order valence-corrected chi connectivity index (χ4v) is 7.01. The van der Waals surface area contributed by atoms with Crippen molar-refractivity contribution in [2.75, 3.05) is 37.6 Å². The molecule has 35 heavy (non-hydrogen) atoms. The summed E-state index contributed by atoms with van der Waals surface area (Å²) in [5.74, 6) is 1.56. The van der Waals surface area contributed by atoms with Crippen molar-refractivity contribution in [1.82, 2.24) is 4.90 Å². The maximum absolute atomic E-state index is 9.41. The highest BCUT2D eigenvalue weighted by atomic mass is 35.5. The van der Waals surface area contributed by atoms with Gasteiger partial charge in [0.05, 0.1) is 11.6 Å². The Morgan fingerprint density at radius 3 is 2.17 bits per heavy atom. The Hall–Kier alpha value is -2.02. The van der Waals surface area contributed by atoms with E-state index in [9.17, 15) is 5.26 Å². The van der Waals surface area contributed by atoms with Crippen LogP contribution in [-0.2, 0) is 0 Å². The Labute approximate surface area is 218 Å². The summed E-state index contributed by atoms with van der Waals surface area (Å²) in [5, 5.41) is 9.41. The van der Waals surface area contributed by atoms with Gasteiger partial charge in [-0.15, -0.1) is 12.4 Å². The standard InChI is InChI=1S/C31H41N3.ClH/c1-30(2)18-27(19-31(3,4)22-30)28-11-10-26(25-7-5-6-24(16-25)20-32)17-29(28)34-14-12-33(13-15-34)21-23-8-9-23;/h5-7,10-11,16-17,23,27H,8-9,12-15,18-19,21-22H2,1-4H3;1H. The van der Waals surface area contributed by atoms with Crippen LogP contribution >= 0.6 is 12.4 Å². The molecule has 0 aromatic heterocycles. The second kappa shape index (κ2) is 10.2. The van der Waals surface area contributed by atoms with Gasteiger partial charge in [-0.1, -0.05) is 52.0 Å². The fraction of sp³-hybridized carbons (Fsp3) is 0.581. The van der Waals surface area contributed by atoms with Gasteiger partial charge in [0.25, 0.3) is 0 Å². The predicted molar refractivity (Wildman–Crippen MR) is 149 cm³/mol. The molecule has 3 fully saturated rings. The number of halogens is 1. The predicted octanol–water partition coefficient (Wildman–Crippen LogP) is 7.50. The molecule has 0 N–H and O–H groups in total. The Balaban J connectivity index is 0.00000289. The number of nitrogens with zero attached hydrogens (tertiary/aromatic N) is 3. The van der Waals surface area contributed by atoms with Crippen LogP contribution in [0.4, 0.5) is 5.69 Å². The maximum Gasteiger partial charge on any atom is 0.0991 e. The van der Waals surface area contributed by atoms with Crippen molar-refractivity contribution < 1.29 is 0 Å². The highest BCUT2D eigenvalue weighted by Crippen LogP contribution is 2.53. The first-order valence-electron chi connectivity index (χ1n) is 13.3. The van der Waals surface area contributed by atoms with Crippen LogP contribution in [0.1, 0.15) is 76.8 Å². The monoisotopic (exact) mass is 491 g/mol. The molecule has 188 valence electrons. The van der Waals surface area contributed by atoms with Gasteiger partial charge in [-0.25, -0.2) is 0 Å². The Bertz CT molecular complexity index is 1050.